The number of fused-ring (bicyclic) bond motifs is 1. The molecule has 6 N–H and O–H groups in total. The standard InChI is InChI=1S/C26H33N7O/c1-16(27)29-10-9-19-3-2-4-21(30-19)17-5-7-20(8-6-17)33-12-18-11-22(31-23(18)32-24(33)34)25-13-26(28,14-25)15-25/h5-8,11-12,19,21,30H,2-4,9-10,13-15,28H2,1H3,(H2,27,29)(H,31,32,34)/t19-,21-,25?,26?/m0/s1. The Labute approximate surface area is 198 Å². The van der Waals surface area contributed by atoms with Crippen molar-refractivity contribution in [3.63, 3.8) is 0 Å². The molecule has 178 valence electrons. The van der Waals surface area contributed by atoms with Crippen LogP contribution in [0.15, 0.2) is 46.3 Å². The molecule has 0 spiro atoms. The van der Waals surface area contributed by atoms with Crippen LogP contribution in [0.4, 0.5) is 0 Å². The van der Waals surface area contributed by atoms with Gasteiger partial charge in [-0.05, 0) is 69.2 Å². The molecule has 1 saturated heterocycles. The summed E-state index contributed by atoms with van der Waals surface area (Å²) in [6, 6.07) is 11.2. The first-order valence-corrected chi connectivity index (χ1v) is 12.4. The van der Waals surface area contributed by atoms with Gasteiger partial charge in [-0.25, -0.2) is 4.79 Å². The molecule has 4 fully saturated rings. The van der Waals surface area contributed by atoms with Crippen LogP contribution in [0.5, 0.6) is 0 Å². The lowest BCUT2D eigenvalue weighted by Crippen LogP contribution is -2.74. The molecule has 2 bridgehead atoms. The predicted molar refractivity (Wildman–Crippen MR) is 134 cm³/mol. The van der Waals surface area contributed by atoms with Crippen molar-refractivity contribution in [3.8, 4) is 5.69 Å². The SMILES string of the molecule is CC(N)=NCC[C@@H]1CCC[C@@H](c2ccc(-n3cc4cc(C56CC(N)(C5)C6)[nH]c4nc3=O)cc2)N1. The molecular weight excluding hydrogens is 426 g/mol. The smallest absolute Gasteiger partial charge is 0.354 e. The van der Waals surface area contributed by atoms with Crippen LogP contribution in [0.1, 0.15) is 69.2 Å². The summed E-state index contributed by atoms with van der Waals surface area (Å²) in [4.78, 5) is 24.8. The molecule has 2 atom stereocenters. The largest absolute Gasteiger partial charge is 0.388 e. The Bertz CT molecular complexity index is 1300. The molecule has 3 heterocycles. The molecule has 34 heavy (non-hydrogen) atoms. The number of benzene rings is 1. The molecule has 0 amide bonds. The number of nitrogens with one attached hydrogen (secondary N) is 2. The number of piperidine rings is 1. The van der Waals surface area contributed by atoms with Gasteiger partial charge in [0.1, 0.15) is 5.65 Å². The summed E-state index contributed by atoms with van der Waals surface area (Å²) in [5.74, 6) is 0.644. The Hall–Kier alpha value is -2.97. The number of aliphatic imine (C=N–C) groups is 1. The van der Waals surface area contributed by atoms with E-state index in [2.05, 4.69) is 38.5 Å². The van der Waals surface area contributed by atoms with E-state index in [0.29, 0.717) is 23.6 Å². The first kappa shape index (κ1) is 21.6. The minimum absolute atomic E-state index is 0.0424. The zero-order valence-corrected chi connectivity index (χ0v) is 19.7. The van der Waals surface area contributed by atoms with Crippen molar-refractivity contribution in [2.45, 2.75) is 74.9 Å². The second kappa shape index (κ2) is 7.78. The predicted octanol–water partition coefficient (Wildman–Crippen LogP) is 2.80. The van der Waals surface area contributed by atoms with Gasteiger partial charge >= 0.3 is 5.69 Å². The van der Waals surface area contributed by atoms with Crippen LogP contribution in [0.3, 0.4) is 0 Å². The van der Waals surface area contributed by atoms with Gasteiger partial charge in [0.05, 0.1) is 11.5 Å². The van der Waals surface area contributed by atoms with Crippen LogP contribution in [-0.4, -0.2) is 38.5 Å². The minimum Gasteiger partial charge on any atom is -0.388 e. The third-order valence-corrected chi connectivity index (χ3v) is 8.05. The van der Waals surface area contributed by atoms with Crippen LogP contribution in [-0.2, 0) is 5.41 Å². The highest BCUT2D eigenvalue weighted by molar-refractivity contribution is 5.77. The minimum atomic E-state index is -0.270. The number of hydrogen-bond donors (Lipinski definition) is 4. The number of hydrogen-bond acceptors (Lipinski definition) is 5. The number of rotatable bonds is 6. The molecule has 8 heteroatoms. The van der Waals surface area contributed by atoms with E-state index in [1.165, 1.54) is 24.1 Å². The Kier molecular flexibility index (Phi) is 4.93. The van der Waals surface area contributed by atoms with Crippen molar-refractivity contribution in [2.24, 2.45) is 16.5 Å². The van der Waals surface area contributed by atoms with Crippen LogP contribution in [0, 0.1) is 0 Å². The Morgan fingerprint density at radius 3 is 2.71 bits per heavy atom. The zero-order chi connectivity index (χ0) is 23.5. The summed E-state index contributed by atoms with van der Waals surface area (Å²) in [7, 11) is 0. The molecule has 0 radical (unpaired) electrons. The lowest BCUT2D eigenvalue weighted by atomic mass is 9.39. The van der Waals surface area contributed by atoms with E-state index in [9.17, 15) is 4.79 Å². The van der Waals surface area contributed by atoms with Gasteiger partial charge in [-0.1, -0.05) is 18.6 Å². The van der Waals surface area contributed by atoms with Gasteiger partial charge < -0.3 is 21.8 Å². The third kappa shape index (κ3) is 3.65. The summed E-state index contributed by atoms with van der Waals surface area (Å²) in [5, 5.41) is 4.73. The van der Waals surface area contributed by atoms with E-state index >= 15 is 0 Å². The van der Waals surface area contributed by atoms with E-state index in [1.807, 2.05) is 25.3 Å². The fourth-order valence-electron chi connectivity index (χ4n) is 6.39. The highest BCUT2D eigenvalue weighted by atomic mass is 16.1. The van der Waals surface area contributed by atoms with Gasteiger partial charge in [-0.15, -0.1) is 0 Å². The normalized spacial score (nSPS) is 30.7. The van der Waals surface area contributed by atoms with Crippen molar-refractivity contribution in [1.82, 2.24) is 19.9 Å². The van der Waals surface area contributed by atoms with Crippen molar-refractivity contribution in [1.29, 1.82) is 0 Å². The van der Waals surface area contributed by atoms with Crippen LogP contribution in [0.25, 0.3) is 16.7 Å². The van der Waals surface area contributed by atoms with E-state index in [-0.39, 0.29) is 16.6 Å². The maximum atomic E-state index is 12.8. The number of amidine groups is 1. The van der Waals surface area contributed by atoms with Gasteiger partial charge in [0.25, 0.3) is 0 Å². The fourth-order valence-corrected chi connectivity index (χ4v) is 6.39. The molecule has 0 unspecified atom stereocenters. The first-order valence-electron chi connectivity index (χ1n) is 12.4. The Balaban J connectivity index is 1.19. The molecule has 4 aliphatic rings. The van der Waals surface area contributed by atoms with Crippen molar-refractivity contribution >= 4 is 16.9 Å². The lowest BCUT2D eigenvalue weighted by molar-refractivity contribution is -0.0615. The number of nitrogens with two attached hydrogens (primary N) is 2. The number of nitrogens with zero attached hydrogens (tertiary/aromatic N) is 3. The molecule has 1 aliphatic heterocycles. The molecular formula is C26H33N7O. The Morgan fingerprint density at radius 1 is 1.24 bits per heavy atom. The molecule has 8 nitrogen and oxygen atoms in total. The highest BCUT2D eigenvalue weighted by Gasteiger charge is 2.67. The topological polar surface area (TPSA) is 127 Å². The van der Waals surface area contributed by atoms with Gasteiger partial charge in [-0.3, -0.25) is 9.56 Å². The third-order valence-electron chi connectivity index (χ3n) is 8.05. The second-order valence-electron chi connectivity index (χ2n) is 10.8. The average molecular weight is 460 g/mol. The summed E-state index contributed by atoms with van der Waals surface area (Å²) in [5.41, 5.74) is 15.7. The van der Waals surface area contributed by atoms with E-state index < -0.39 is 0 Å². The van der Waals surface area contributed by atoms with E-state index in [4.69, 9.17) is 11.5 Å². The highest BCUT2D eigenvalue weighted by Crippen LogP contribution is 2.66. The molecule has 3 aliphatic carbocycles. The molecule has 3 aromatic rings. The lowest BCUT2D eigenvalue weighted by Gasteiger charge is -2.68. The van der Waals surface area contributed by atoms with Gasteiger partial charge in [-0.2, -0.15) is 4.98 Å². The zero-order valence-electron chi connectivity index (χ0n) is 19.7. The van der Waals surface area contributed by atoms with Crippen LogP contribution >= 0.6 is 0 Å². The maximum absolute atomic E-state index is 12.8. The van der Waals surface area contributed by atoms with Gasteiger partial charge in [0.15, 0.2) is 0 Å². The van der Waals surface area contributed by atoms with Crippen LogP contribution in [0.2, 0.25) is 0 Å². The molecule has 7 rings (SSSR count). The van der Waals surface area contributed by atoms with E-state index in [1.54, 1.807) is 4.57 Å². The summed E-state index contributed by atoms with van der Waals surface area (Å²) < 4.78 is 1.64. The summed E-state index contributed by atoms with van der Waals surface area (Å²) in [6.07, 6.45) is 9.44. The maximum Gasteiger partial charge on any atom is 0.354 e. The van der Waals surface area contributed by atoms with Crippen molar-refractivity contribution < 1.29 is 0 Å². The van der Waals surface area contributed by atoms with Gasteiger partial charge in [0.2, 0.25) is 0 Å². The van der Waals surface area contributed by atoms with Crippen molar-refractivity contribution in [2.75, 3.05) is 6.54 Å². The van der Waals surface area contributed by atoms with Crippen molar-refractivity contribution in [3.05, 3.63) is 58.3 Å². The second-order valence-corrected chi connectivity index (χ2v) is 10.8. The molecule has 2 aromatic heterocycles. The molecule has 3 saturated carbocycles. The van der Waals surface area contributed by atoms with Gasteiger partial charge in [0, 0.05) is 46.9 Å². The number of aromatic amines is 1. The Morgan fingerprint density at radius 2 is 2.00 bits per heavy atom. The molecule has 1 aromatic carbocycles. The average Bonchev–Trinajstić information content (AvgIpc) is 3.18. The summed E-state index contributed by atoms with van der Waals surface area (Å²) in [6.45, 7) is 2.59. The number of aromatic nitrogens is 3. The first-order chi connectivity index (χ1) is 16.3. The van der Waals surface area contributed by atoms with Crippen LogP contribution < -0.4 is 22.5 Å². The monoisotopic (exact) mass is 459 g/mol. The quantitative estimate of drug-likeness (QED) is 0.333. The number of H-pyrrole nitrogens is 1. The van der Waals surface area contributed by atoms with E-state index in [0.717, 1.165) is 49.7 Å². The fraction of sp³-hybridized carbons (Fsp3) is 0.500. The summed E-state index contributed by atoms with van der Waals surface area (Å²) >= 11 is 0.